The third kappa shape index (κ3) is 4.01. The summed E-state index contributed by atoms with van der Waals surface area (Å²) in [6.07, 6.45) is 0. The summed E-state index contributed by atoms with van der Waals surface area (Å²) in [4.78, 5) is 18.7. The molecule has 4 aromatic rings. The van der Waals surface area contributed by atoms with Gasteiger partial charge in [0.05, 0.1) is 28.5 Å². The number of hydrogen-bond acceptors (Lipinski definition) is 5. The second-order valence-electron chi connectivity index (χ2n) is 7.04. The van der Waals surface area contributed by atoms with Gasteiger partial charge in [-0.25, -0.2) is 22.2 Å². The maximum absolute atomic E-state index is 14.3. The van der Waals surface area contributed by atoms with Crippen molar-refractivity contribution in [1.82, 2.24) is 9.97 Å². The lowest BCUT2D eigenvalue weighted by atomic mass is 10.1. The minimum atomic E-state index is -4.13. The highest BCUT2D eigenvalue weighted by Crippen LogP contribution is 2.33. The summed E-state index contributed by atoms with van der Waals surface area (Å²) >= 11 is 7.12. The summed E-state index contributed by atoms with van der Waals surface area (Å²) in [7, 11) is -4.13. The number of H-pyrrole nitrogens is 1. The summed E-state index contributed by atoms with van der Waals surface area (Å²) < 4.78 is 56.5. The highest BCUT2D eigenvalue weighted by Gasteiger charge is 2.30. The van der Waals surface area contributed by atoms with Crippen LogP contribution in [0, 0.1) is 25.5 Å². The fourth-order valence-corrected chi connectivity index (χ4v) is 6.62. The molecule has 0 saturated heterocycles. The molecule has 32 heavy (non-hydrogen) atoms. The molecule has 0 saturated carbocycles. The van der Waals surface area contributed by atoms with E-state index in [4.69, 9.17) is 11.6 Å². The molecule has 4 rings (SSSR count). The van der Waals surface area contributed by atoms with Crippen LogP contribution < -0.4 is 9.86 Å². The van der Waals surface area contributed by atoms with E-state index in [1.807, 2.05) is 0 Å². The Balaban J connectivity index is 1.94. The second-order valence-corrected chi connectivity index (χ2v) is 10.7. The van der Waals surface area contributed by atoms with Crippen molar-refractivity contribution < 1.29 is 17.2 Å². The molecule has 11 heteroatoms. The van der Waals surface area contributed by atoms with Crippen LogP contribution in [0.1, 0.15) is 16.3 Å². The quantitative estimate of drug-likeness (QED) is 0.425. The zero-order valence-electron chi connectivity index (χ0n) is 16.8. The van der Waals surface area contributed by atoms with Gasteiger partial charge in [-0.1, -0.05) is 17.7 Å². The normalized spacial score (nSPS) is 11.8. The van der Waals surface area contributed by atoms with E-state index in [1.165, 1.54) is 12.1 Å². The van der Waals surface area contributed by atoms with Crippen molar-refractivity contribution in [3.63, 3.8) is 0 Å². The zero-order chi connectivity index (χ0) is 23.2. The number of rotatable bonds is 5. The van der Waals surface area contributed by atoms with Gasteiger partial charge in [-0.3, -0.25) is 9.10 Å². The van der Waals surface area contributed by atoms with Crippen molar-refractivity contribution in [3.8, 4) is 0 Å². The standard InChI is InChI=1S/C21H16ClF2N3O3S2/c1-11-21(31-12(2)25-11)32(29,30)27(15-5-3-4-14(22)9-15)10-13-8-18(28)26-20-16(13)6-7-17(23)19(20)24/h3-9H,10H2,1-2H3,(H,26,28). The van der Waals surface area contributed by atoms with E-state index in [2.05, 4.69) is 9.97 Å². The largest absolute Gasteiger partial charge is 0.319 e. The topological polar surface area (TPSA) is 83.1 Å². The first-order valence-electron chi connectivity index (χ1n) is 9.30. The Hall–Kier alpha value is -2.82. The molecule has 2 aromatic carbocycles. The smallest absolute Gasteiger partial charge is 0.276 e. The fraction of sp³-hybridized carbons (Fsp3) is 0.143. The number of sulfonamides is 1. The zero-order valence-corrected chi connectivity index (χ0v) is 19.2. The van der Waals surface area contributed by atoms with Crippen molar-refractivity contribution in [1.29, 1.82) is 0 Å². The van der Waals surface area contributed by atoms with Crippen LogP contribution in [0.25, 0.3) is 10.9 Å². The van der Waals surface area contributed by atoms with E-state index in [0.29, 0.717) is 15.7 Å². The average Bonchev–Trinajstić information content (AvgIpc) is 3.07. The molecule has 0 aliphatic carbocycles. The van der Waals surface area contributed by atoms with Crippen molar-refractivity contribution in [2.45, 2.75) is 24.6 Å². The summed E-state index contributed by atoms with van der Waals surface area (Å²) in [5.41, 5.74) is -0.238. The fourth-order valence-electron chi connectivity index (χ4n) is 3.42. The molecule has 0 amide bonds. The van der Waals surface area contributed by atoms with Crippen molar-refractivity contribution in [2.75, 3.05) is 4.31 Å². The van der Waals surface area contributed by atoms with Crippen LogP contribution >= 0.6 is 22.9 Å². The monoisotopic (exact) mass is 495 g/mol. The number of aryl methyl sites for hydroxylation is 2. The highest BCUT2D eigenvalue weighted by atomic mass is 35.5. The molecule has 0 radical (unpaired) electrons. The number of aromatic amines is 1. The molecule has 0 spiro atoms. The molecule has 2 heterocycles. The van der Waals surface area contributed by atoms with Gasteiger partial charge in [0.1, 0.15) is 0 Å². The van der Waals surface area contributed by atoms with Gasteiger partial charge >= 0.3 is 0 Å². The SMILES string of the molecule is Cc1nc(C)c(S(=O)(=O)N(Cc2cc(=O)[nH]c3c(F)c(F)ccc23)c2cccc(Cl)c2)s1. The number of thiazole rings is 1. The van der Waals surface area contributed by atoms with Crippen molar-refractivity contribution in [3.05, 3.63) is 85.7 Å². The van der Waals surface area contributed by atoms with Crippen molar-refractivity contribution >= 4 is 49.6 Å². The molecule has 0 unspecified atom stereocenters. The second kappa shape index (κ2) is 8.27. The summed E-state index contributed by atoms with van der Waals surface area (Å²) in [5.74, 6) is -2.34. The number of anilines is 1. The maximum atomic E-state index is 14.3. The molecule has 0 atom stereocenters. The number of pyridine rings is 1. The van der Waals surface area contributed by atoms with Crippen LogP contribution in [0.3, 0.4) is 0 Å². The summed E-state index contributed by atoms with van der Waals surface area (Å²) in [6.45, 7) is 2.97. The number of aromatic nitrogens is 2. The van der Waals surface area contributed by atoms with Gasteiger partial charge in [-0.2, -0.15) is 0 Å². The van der Waals surface area contributed by atoms with E-state index >= 15 is 0 Å². The summed E-state index contributed by atoms with van der Waals surface area (Å²) in [5, 5.41) is 1.07. The lowest BCUT2D eigenvalue weighted by Gasteiger charge is -2.25. The number of halogens is 3. The molecular weight excluding hydrogens is 480 g/mol. The minimum absolute atomic E-state index is 0.0429. The lowest BCUT2D eigenvalue weighted by molar-refractivity contribution is 0.515. The number of nitrogens with one attached hydrogen (secondary N) is 1. The maximum Gasteiger partial charge on any atom is 0.276 e. The molecule has 0 fully saturated rings. The number of nitrogens with zero attached hydrogens (tertiary/aromatic N) is 2. The van der Waals surface area contributed by atoms with Crippen LogP contribution in [0.4, 0.5) is 14.5 Å². The van der Waals surface area contributed by atoms with Crippen molar-refractivity contribution in [2.24, 2.45) is 0 Å². The molecule has 0 aliphatic heterocycles. The van der Waals surface area contributed by atoms with Crippen LogP contribution in [-0.4, -0.2) is 18.4 Å². The highest BCUT2D eigenvalue weighted by molar-refractivity contribution is 7.94. The first-order valence-corrected chi connectivity index (χ1v) is 11.9. The van der Waals surface area contributed by atoms with E-state index in [9.17, 15) is 22.0 Å². The van der Waals surface area contributed by atoms with Crippen LogP contribution in [0.2, 0.25) is 5.02 Å². The third-order valence-corrected chi connectivity index (χ3v) is 8.46. The number of benzene rings is 2. The van der Waals surface area contributed by atoms with Gasteiger partial charge in [-0.15, -0.1) is 11.3 Å². The van der Waals surface area contributed by atoms with E-state index in [0.717, 1.165) is 27.8 Å². The van der Waals surface area contributed by atoms with Gasteiger partial charge in [0, 0.05) is 16.5 Å². The first-order chi connectivity index (χ1) is 15.1. The Bertz CT molecular complexity index is 1520. The molecule has 1 N–H and O–H groups in total. The molecule has 2 aromatic heterocycles. The first kappa shape index (κ1) is 22.4. The Kier molecular flexibility index (Phi) is 5.78. The molecular formula is C21H16ClF2N3O3S2. The van der Waals surface area contributed by atoms with Gasteiger partial charge in [-0.05, 0) is 49.7 Å². The predicted octanol–water partition coefficient (Wildman–Crippen LogP) is 4.93. The molecule has 0 aliphatic rings. The lowest BCUT2D eigenvalue weighted by Crippen LogP contribution is -2.31. The third-order valence-electron chi connectivity index (χ3n) is 4.79. The van der Waals surface area contributed by atoms with Gasteiger partial charge in [0.2, 0.25) is 5.56 Å². The number of fused-ring (bicyclic) bond motifs is 1. The summed E-state index contributed by atoms with van der Waals surface area (Å²) in [6, 6.07) is 9.60. The Morgan fingerprint density at radius 3 is 2.56 bits per heavy atom. The predicted molar refractivity (Wildman–Crippen MR) is 121 cm³/mol. The van der Waals surface area contributed by atoms with E-state index in [-0.39, 0.29) is 32.9 Å². The molecule has 6 nitrogen and oxygen atoms in total. The van der Waals surface area contributed by atoms with E-state index in [1.54, 1.807) is 32.0 Å². The Labute approximate surface area is 191 Å². The minimum Gasteiger partial charge on any atom is -0.319 e. The molecule has 0 bridgehead atoms. The van der Waals surface area contributed by atoms with Gasteiger partial charge in [0.25, 0.3) is 10.0 Å². The van der Waals surface area contributed by atoms with Crippen LogP contribution in [-0.2, 0) is 16.6 Å². The average molecular weight is 496 g/mol. The Morgan fingerprint density at radius 1 is 1.16 bits per heavy atom. The van der Waals surface area contributed by atoms with Crippen LogP contribution in [0.5, 0.6) is 0 Å². The molecule has 166 valence electrons. The van der Waals surface area contributed by atoms with E-state index < -0.39 is 27.2 Å². The van der Waals surface area contributed by atoms with Crippen LogP contribution in [0.15, 0.2) is 51.5 Å². The Morgan fingerprint density at radius 2 is 1.91 bits per heavy atom. The number of hydrogen-bond donors (Lipinski definition) is 1. The van der Waals surface area contributed by atoms with Gasteiger partial charge < -0.3 is 4.98 Å². The van der Waals surface area contributed by atoms with Gasteiger partial charge in [0.15, 0.2) is 15.8 Å².